The molecule has 2 unspecified atom stereocenters. The average molecular weight is 525 g/mol. The number of unbranched alkanes of at least 4 members (excludes halogenated alkanes) is 7. The topological polar surface area (TPSA) is 93.1 Å². The van der Waals surface area contributed by atoms with Crippen LogP contribution in [0.15, 0.2) is 36.5 Å². The molecule has 0 rings (SSSR count). The van der Waals surface area contributed by atoms with Crippen LogP contribution in [-0.4, -0.2) is 79.7 Å². The summed E-state index contributed by atoms with van der Waals surface area (Å²) < 4.78 is 10.8. The molecular formula is C30H54NO6+. The van der Waals surface area contributed by atoms with Gasteiger partial charge in [-0.2, -0.15) is 0 Å². The quantitative estimate of drug-likeness (QED) is 0.0715. The second-order valence-corrected chi connectivity index (χ2v) is 10.5. The summed E-state index contributed by atoms with van der Waals surface area (Å²) in [6.07, 6.45) is 25.4. The summed E-state index contributed by atoms with van der Waals surface area (Å²) in [4.78, 5) is 23.2. The molecule has 0 bridgehead atoms. The van der Waals surface area contributed by atoms with Crippen LogP contribution in [0.2, 0.25) is 0 Å². The Bertz CT molecular complexity index is 665. The number of hydrogen-bond acceptors (Lipinski definition) is 5. The Hall–Kier alpha value is -1.96. The number of nitrogens with zero attached hydrogens (tertiary/aromatic N) is 1. The lowest BCUT2D eigenvalue weighted by molar-refractivity contribution is -0.887. The van der Waals surface area contributed by atoms with E-state index in [2.05, 4.69) is 43.4 Å². The lowest BCUT2D eigenvalue weighted by atomic mass is 10.1. The van der Waals surface area contributed by atoms with Crippen molar-refractivity contribution in [2.24, 2.45) is 0 Å². The molecule has 0 aliphatic rings. The number of likely N-dealkylation sites (N-methyl/N-ethyl adjacent to an activating group) is 1. The molecule has 214 valence electrons. The van der Waals surface area contributed by atoms with Gasteiger partial charge in [0.2, 0.25) is 0 Å². The molecule has 0 amide bonds. The molecule has 7 heteroatoms. The average Bonchev–Trinajstić information content (AvgIpc) is 2.83. The van der Waals surface area contributed by atoms with Gasteiger partial charge in [0, 0.05) is 12.8 Å². The minimum atomic E-state index is -0.923. The van der Waals surface area contributed by atoms with Crippen molar-refractivity contribution in [2.45, 2.75) is 103 Å². The Kier molecular flexibility index (Phi) is 22.0. The first-order valence-electron chi connectivity index (χ1n) is 14.1. The third kappa shape index (κ3) is 22.9. The van der Waals surface area contributed by atoms with Gasteiger partial charge in [0.05, 0.1) is 34.4 Å². The summed E-state index contributed by atoms with van der Waals surface area (Å²) in [6.45, 7) is 2.35. The molecule has 2 atom stereocenters. The van der Waals surface area contributed by atoms with Gasteiger partial charge in [-0.3, -0.25) is 4.79 Å². The number of carboxylic acids is 1. The number of ether oxygens (including phenoxy) is 2. The van der Waals surface area contributed by atoms with Gasteiger partial charge in [0.1, 0.15) is 12.7 Å². The summed E-state index contributed by atoms with van der Waals surface area (Å²) >= 11 is 0. The number of allylic oxidation sites excluding steroid dienone is 6. The van der Waals surface area contributed by atoms with E-state index in [0.29, 0.717) is 23.7 Å². The van der Waals surface area contributed by atoms with Crippen LogP contribution in [0.25, 0.3) is 0 Å². The first-order chi connectivity index (χ1) is 17.7. The minimum absolute atomic E-state index is 0.00192. The number of quaternary nitrogens is 1. The largest absolute Gasteiger partial charge is 0.477 e. The molecule has 0 aliphatic carbocycles. The van der Waals surface area contributed by atoms with Crippen molar-refractivity contribution in [2.75, 3.05) is 41.0 Å². The molecule has 7 nitrogen and oxygen atoms in total. The van der Waals surface area contributed by atoms with Crippen molar-refractivity contribution in [1.82, 2.24) is 0 Å². The molecule has 2 N–H and O–H groups in total. The summed E-state index contributed by atoms with van der Waals surface area (Å²) in [5, 5.41) is 19.2. The zero-order valence-corrected chi connectivity index (χ0v) is 23.9. The van der Waals surface area contributed by atoms with Gasteiger partial charge in [-0.25, -0.2) is 4.79 Å². The molecule has 0 saturated heterocycles. The predicted molar refractivity (Wildman–Crippen MR) is 150 cm³/mol. The van der Waals surface area contributed by atoms with E-state index in [1.807, 2.05) is 21.1 Å². The zero-order valence-electron chi connectivity index (χ0n) is 23.9. The first kappa shape index (κ1) is 35.0. The number of rotatable bonds is 24. The van der Waals surface area contributed by atoms with Crippen molar-refractivity contribution in [1.29, 1.82) is 0 Å². The van der Waals surface area contributed by atoms with Crippen LogP contribution in [0.5, 0.6) is 0 Å². The van der Waals surface area contributed by atoms with Crippen LogP contribution in [0.1, 0.15) is 90.4 Å². The monoisotopic (exact) mass is 524 g/mol. The van der Waals surface area contributed by atoms with Gasteiger partial charge in [0.25, 0.3) is 0 Å². The molecule has 0 aromatic carbocycles. The first-order valence-corrected chi connectivity index (χ1v) is 14.1. The lowest BCUT2D eigenvalue weighted by Gasteiger charge is -2.31. The molecule has 0 radical (unpaired) electrons. The Morgan fingerprint density at radius 3 is 1.97 bits per heavy atom. The Morgan fingerprint density at radius 1 is 0.811 bits per heavy atom. The third-order valence-corrected chi connectivity index (χ3v) is 6.02. The fourth-order valence-electron chi connectivity index (χ4n) is 3.75. The van der Waals surface area contributed by atoms with Gasteiger partial charge in [-0.1, -0.05) is 75.5 Å². The molecule has 0 heterocycles. The van der Waals surface area contributed by atoms with E-state index in [1.54, 1.807) is 0 Å². The molecule has 0 fully saturated rings. The van der Waals surface area contributed by atoms with Crippen LogP contribution in [-0.2, 0) is 19.1 Å². The smallest absolute Gasteiger partial charge is 0.362 e. The van der Waals surface area contributed by atoms with Crippen LogP contribution in [0.3, 0.4) is 0 Å². The lowest BCUT2D eigenvalue weighted by Crippen LogP contribution is -2.50. The van der Waals surface area contributed by atoms with Gasteiger partial charge < -0.3 is 24.2 Å². The van der Waals surface area contributed by atoms with E-state index >= 15 is 0 Å². The number of aliphatic hydroxyl groups excluding tert-OH is 1. The van der Waals surface area contributed by atoms with Crippen LogP contribution in [0, 0.1) is 0 Å². The molecule has 0 aliphatic heterocycles. The molecule has 0 spiro atoms. The molecule has 0 aromatic heterocycles. The van der Waals surface area contributed by atoms with Gasteiger partial charge in [-0.05, 0) is 38.5 Å². The highest BCUT2D eigenvalue weighted by Gasteiger charge is 2.30. The minimum Gasteiger partial charge on any atom is -0.477 e. The van der Waals surface area contributed by atoms with Crippen molar-refractivity contribution in [3.63, 3.8) is 0 Å². The Morgan fingerprint density at radius 2 is 1.38 bits per heavy atom. The number of aliphatic carboxylic acids is 1. The fourth-order valence-corrected chi connectivity index (χ4v) is 3.75. The van der Waals surface area contributed by atoms with Crippen LogP contribution in [0.4, 0.5) is 0 Å². The Balaban J connectivity index is 3.69. The van der Waals surface area contributed by atoms with Crippen molar-refractivity contribution in [3.05, 3.63) is 36.5 Å². The number of carboxylic acid groups (broad SMARTS) is 1. The van der Waals surface area contributed by atoms with Crippen molar-refractivity contribution >= 4 is 11.9 Å². The van der Waals surface area contributed by atoms with E-state index in [4.69, 9.17) is 9.47 Å². The number of carbonyl (C=O) groups excluding carboxylic acids is 1. The highest BCUT2D eigenvalue weighted by molar-refractivity contribution is 5.72. The maximum absolute atomic E-state index is 11.8. The zero-order chi connectivity index (χ0) is 27.8. The van der Waals surface area contributed by atoms with E-state index in [9.17, 15) is 19.8 Å². The predicted octanol–water partition coefficient (Wildman–Crippen LogP) is 5.83. The van der Waals surface area contributed by atoms with Crippen LogP contribution < -0.4 is 0 Å². The van der Waals surface area contributed by atoms with Gasteiger partial charge in [0.15, 0.2) is 6.04 Å². The van der Waals surface area contributed by atoms with Crippen LogP contribution >= 0.6 is 0 Å². The van der Waals surface area contributed by atoms with Crippen molar-refractivity contribution in [3.8, 4) is 0 Å². The van der Waals surface area contributed by atoms with Crippen molar-refractivity contribution < 1.29 is 33.8 Å². The summed E-state index contributed by atoms with van der Waals surface area (Å²) in [6, 6.07) is -0.582. The van der Waals surface area contributed by atoms with E-state index in [-0.39, 0.29) is 25.8 Å². The SMILES string of the molecule is CCCCCCCC/C=C/C/C=C/C/C=C/CCCC(=O)OCC(O)COCCC(C(=O)O)[N+](C)(C)C. The Labute approximate surface area is 225 Å². The maximum Gasteiger partial charge on any atom is 0.362 e. The second-order valence-electron chi connectivity index (χ2n) is 10.5. The molecule has 37 heavy (non-hydrogen) atoms. The van der Waals surface area contributed by atoms with E-state index in [0.717, 1.165) is 19.3 Å². The number of hydrogen-bond donors (Lipinski definition) is 2. The van der Waals surface area contributed by atoms with E-state index < -0.39 is 18.1 Å². The van der Waals surface area contributed by atoms with Gasteiger partial charge >= 0.3 is 11.9 Å². The highest BCUT2D eigenvalue weighted by atomic mass is 16.5. The third-order valence-electron chi connectivity index (χ3n) is 6.02. The van der Waals surface area contributed by atoms with Gasteiger partial charge in [-0.15, -0.1) is 0 Å². The standard InChI is InChI=1S/C30H53NO6/c1-5-6-7-8-9-10-11-12-13-14-15-16-17-18-19-20-21-22-29(33)37-26-27(32)25-36-24-23-28(30(34)35)31(2,3)4/h12-13,15-16,18-19,27-28,32H,5-11,14,17,20-26H2,1-4H3/p+1/b13-12+,16-15+,19-18+. The normalized spacial score (nSPS) is 14.1. The summed E-state index contributed by atoms with van der Waals surface area (Å²) in [5.41, 5.74) is 0. The summed E-state index contributed by atoms with van der Waals surface area (Å²) in [7, 11) is 5.45. The molecular weight excluding hydrogens is 470 g/mol. The fraction of sp³-hybridized carbons (Fsp3) is 0.733. The molecule has 0 aromatic rings. The number of aliphatic hydroxyl groups is 1. The maximum atomic E-state index is 11.8. The second kappa shape index (κ2) is 23.2. The highest BCUT2D eigenvalue weighted by Crippen LogP contribution is 2.09. The van der Waals surface area contributed by atoms with E-state index in [1.165, 1.54) is 44.9 Å². The molecule has 0 saturated carbocycles. The number of esters is 1. The summed E-state index contributed by atoms with van der Waals surface area (Å²) in [5.74, 6) is -1.21. The number of carbonyl (C=O) groups is 2.